The second-order valence-corrected chi connectivity index (χ2v) is 13.1. The van der Waals surface area contributed by atoms with E-state index in [4.69, 9.17) is 9.72 Å². The molecule has 3 nitrogen and oxygen atoms in total. The zero-order valence-electron chi connectivity index (χ0n) is 24.7. The lowest BCUT2D eigenvalue weighted by molar-refractivity contribution is 0.344. The number of ether oxygens (including phenoxy) is 1. The fourth-order valence-corrected chi connectivity index (χ4v) is 8.32. The summed E-state index contributed by atoms with van der Waals surface area (Å²) in [5.74, 6) is 2.28. The summed E-state index contributed by atoms with van der Waals surface area (Å²) in [5.41, 5.74) is 15.2. The number of para-hydroxylation sites is 1. The van der Waals surface area contributed by atoms with Crippen LogP contribution < -0.4 is 9.64 Å². The van der Waals surface area contributed by atoms with Crippen molar-refractivity contribution in [3.63, 3.8) is 0 Å². The average molecular weight is 567 g/mol. The van der Waals surface area contributed by atoms with Crippen molar-refractivity contribution in [2.75, 3.05) is 11.4 Å². The van der Waals surface area contributed by atoms with E-state index >= 15 is 0 Å². The Hall–Kier alpha value is -5.15. The Morgan fingerprint density at radius 2 is 1.57 bits per heavy atom. The van der Waals surface area contributed by atoms with Crippen molar-refractivity contribution < 1.29 is 4.74 Å². The van der Waals surface area contributed by atoms with Crippen LogP contribution in [0.15, 0.2) is 109 Å². The Labute approximate surface area is 257 Å². The van der Waals surface area contributed by atoms with Gasteiger partial charge in [-0.25, -0.2) is 0 Å². The van der Waals surface area contributed by atoms with Crippen molar-refractivity contribution >= 4 is 28.7 Å². The third-order valence-electron chi connectivity index (χ3n) is 10.5. The maximum Gasteiger partial charge on any atom is 0.138 e. The molecule has 4 heterocycles. The van der Waals surface area contributed by atoms with Crippen LogP contribution in [0.2, 0.25) is 0 Å². The second kappa shape index (κ2) is 8.48. The molecule has 3 heteroatoms. The maximum atomic E-state index is 6.96. The van der Waals surface area contributed by atoms with Gasteiger partial charge in [0.1, 0.15) is 11.5 Å². The van der Waals surface area contributed by atoms with Crippen LogP contribution in [-0.2, 0) is 5.41 Å². The van der Waals surface area contributed by atoms with Crippen LogP contribution in [0.1, 0.15) is 59.2 Å². The van der Waals surface area contributed by atoms with Crippen molar-refractivity contribution in [2.24, 2.45) is 0 Å². The number of hydrogen-bond acceptors (Lipinski definition) is 3. The summed E-state index contributed by atoms with van der Waals surface area (Å²) in [6.45, 7) is 5.63. The summed E-state index contributed by atoms with van der Waals surface area (Å²) in [6.07, 6.45) is 6.40. The van der Waals surface area contributed by atoms with Crippen molar-refractivity contribution in [3.8, 4) is 33.8 Å². The second-order valence-electron chi connectivity index (χ2n) is 13.1. The van der Waals surface area contributed by atoms with E-state index in [9.17, 15) is 0 Å². The predicted octanol–water partition coefficient (Wildman–Crippen LogP) is 10.1. The summed E-state index contributed by atoms with van der Waals surface area (Å²) in [7, 11) is 0. The minimum atomic E-state index is -0.0379. The number of fused-ring (bicyclic) bond motifs is 11. The molecule has 1 aliphatic carbocycles. The smallest absolute Gasteiger partial charge is 0.138 e. The van der Waals surface area contributed by atoms with Crippen LogP contribution in [-0.4, -0.2) is 11.5 Å². The molecular weight excluding hydrogens is 536 g/mol. The highest BCUT2D eigenvalue weighted by Gasteiger charge is 2.52. The molecule has 4 aliphatic rings. The molecule has 0 saturated carbocycles. The molecule has 10 rings (SSSR count). The molecule has 5 aromatic carbocycles. The maximum absolute atomic E-state index is 6.96. The molecule has 1 saturated heterocycles. The first-order chi connectivity index (χ1) is 21.6. The van der Waals surface area contributed by atoms with E-state index in [1.54, 1.807) is 0 Å². The van der Waals surface area contributed by atoms with Crippen molar-refractivity contribution in [2.45, 2.75) is 31.2 Å². The van der Waals surface area contributed by atoms with Gasteiger partial charge < -0.3 is 9.64 Å². The van der Waals surface area contributed by atoms with Crippen molar-refractivity contribution in [1.82, 2.24) is 4.98 Å². The SMILES string of the molecule is CC1(C)c2ccccc2-c2cc3c(cc21)C=Cc1cccc(C2CN4c5c(cc(-c6ccccc6)c6cccnc56)C24)c1O3. The topological polar surface area (TPSA) is 25.4 Å². The van der Waals surface area contributed by atoms with Gasteiger partial charge in [-0.2, -0.15) is 0 Å². The van der Waals surface area contributed by atoms with Crippen LogP contribution in [0.25, 0.3) is 45.3 Å². The molecule has 6 aromatic rings. The summed E-state index contributed by atoms with van der Waals surface area (Å²) in [6, 6.07) is 37.8. The average Bonchev–Trinajstić information content (AvgIpc) is 3.14. The van der Waals surface area contributed by atoms with E-state index in [2.05, 4.69) is 128 Å². The van der Waals surface area contributed by atoms with Crippen molar-refractivity contribution in [1.29, 1.82) is 0 Å². The summed E-state index contributed by atoms with van der Waals surface area (Å²) < 4.78 is 6.96. The molecule has 2 atom stereocenters. The zero-order valence-corrected chi connectivity index (χ0v) is 24.7. The van der Waals surface area contributed by atoms with Gasteiger partial charge in [-0.15, -0.1) is 0 Å². The molecule has 210 valence electrons. The number of pyridine rings is 1. The van der Waals surface area contributed by atoms with E-state index in [-0.39, 0.29) is 5.41 Å². The van der Waals surface area contributed by atoms with E-state index in [1.807, 2.05) is 12.3 Å². The minimum absolute atomic E-state index is 0.0379. The Balaban J connectivity index is 1.07. The molecule has 0 N–H and O–H groups in total. The Morgan fingerprint density at radius 1 is 0.727 bits per heavy atom. The van der Waals surface area contributed by atoms with Gasteiger partial charge in [0.05, 0.1) is 17.2 Å². The Kier molecular flexibility index (Phi) is 4.69. The first-order valence-corrected chi connectivity index (χ1v) is 15.6. The highest BCUT2D eigenvalue weighted by atomic mass is 16.5. The van der Waals surface area contributed by atoms with Crippen LogP contribution in [0.4, 0.5) is 5.69 Å². The van der Waals surface area contributed by atoms with Gasteiger partial charge in [0.15, 0.2) is 0 Å². The van der Waals surface area contributed by atoms with Crippen LogP contribution >= 0.6 is 0 Å². The number of rotatable bonds is 2. The first kappa shape index (κ1) is 24.3. The normalized spacial score (nSPS) is 19.3. The highest BCUT2D eigenvalue weighted by Crippen LogP contribution is 2.62. The summed E-state index contributed by atoms with van der Waals surface area (Å²) in [5, 5.41) is 1.22. The zero-order chi connectivity index (χ0) is 29.2. The molecular formula is C41H30N2O. The standard InChI is InChI=1S/C41H30N2O/c1-41(2)34-16-7-6-13-27(34)31-22-36-26(20-35(31)41)18-17-25-12-8-14-29(40(25)44-36)33-23-43-38(33)32-21-30(24-10-4-3-5-11-24)28-15-9-19-42-37(28)39(32)43/h3-22,33,38H,23H2,1-2H3. The largest absolute Gasteiger partial charge is 0.456 e. The Morgan fingerprint density at radius 3 is 2.48 bits per heavy atom. The van der Waals surface area contributed by atoms with Gasteiger partial charge in [-0.3, -0.25) is 4.98 Å². The summed E-state index contributed by atoms with van der Waals surface area (Å²) >= 11 is 0. The molecule has 1 aromatic heterocycles. The fraction of sp³-hybridized carbons (Fsp3) is 0.146. The van der Waals surface area contributed by atoms with E-state index in [0.717, 1.165) is 34.7 Å². The molecule has 44 heavy (non-hydrogen) atoms. The highest BCUT2D eigenvalue weighted by molar-refractivity contribution is 6.06. The van der Waals surface area contributed by atoms with Crippen LogP contribution in [0.3, 0.4) is 0 Å². The molecule has 0 bridgehead atoms. The van der Waals surface area contributed by atoms with Gasteiger partial charge in [0, 0.05) is 51.7 Å². The lowest BCUT2D eigenvalue weighted by Gasteiger charge is -2.59. The number of benzene rings is 5. The van der Waals surface area contributed by atoms with Gasteiger partial charge in [0.25, 0.3) is 0 Å². The fourth-order valence-electron chi connectivity index (χ4n) is 8.32. The predicted molar refractivity (Wildman–Crippen MR) is 179 cm³/mol. The molecule has 2 unspecified atom stereocenters. The van der Waals surface area contributed by atoms with Crippen molar-refractivity contribution in [3.05, 3.63) is 143 Å². The number of anilines is 1. The number of hydrogen-bond donors (Lipinski definition) is 0. The molecule has 0 spiro atoms. The number of nitrogens with zero attached hydrogens (tertiary/aromatic N) is 2. The summed E-state index contributed by atoms with van der Waals surface area (Å²) in [4.78, 5) is 7.42. The van der Waals surface area contributed by atoms with Gasteiger partial charge >= 0.3 is 0 Å². The molecule has 1 fully saturated rings. The van der Waals surface area contributed by atoms with E-state index in [1.165, 1.54) is 55.6 Å². The van der Waals surface area contributed by atoms with Gasteiger partial charge in [-0.05, 0) is 57.6 Å². The molecule has 0 amide bonds. The minimum Gasteiger partial charge on any atom is -0.456 e. The molecule has 0 radical (unpaired) electrons. The van der Waals surface area contributed by atoms with Crippen LogP contribution in [0, 0.1) is 0 Å². The lowest BCUT2D eigenvalue weighted by atomic mass is 9.70. The van der Waals surface area contributed by atoms with E-state index in [0.29, 0.717) is 12.0 Å². The first-order valence-electron chi connectivity index (χ1n) is 15.6. The third-order valence-corrected chi connectivity index (χ3v) is 10.5. The lowest BCUT2D eigenvalue weighted by Crippen LogP contribution is -2.55. The Bertz CT molecular complexity index is 2230. The van der Waals surface area contributed by atoms with E-state index < -0.39 is 0 Å². The van der Waals surface area contributed by atoms with Gasteiger partial charge in [0.2, 0.25) is 0 Å². The third kappa shape index (κ3) is 3.09. The van der Waals surface area contributed by atoms with Crippen LogP contribution in [0.5, 0.6) is 11.5 Å². The molecule has 3 aliphatic heterocycles. The van der Waals surface area contributed by atoms with Gasteiger partial charge in [-0.1, -0.05) is 105 Å². The number of aromatic nitrogens is 1. The monoisotopic (exact) mass is 566 g/mol. The quantitative estimate of drug-likeness (QED) is 0.208.